The highest BCUT2D eigenvalue weighted by atomic mass is 19.1. The molecule has 5 rings (SSSR count). The molecule has 0 N–H and O–H groups in total. The molecule has 4 aliphatic rings. The van der Waals surface area contributed by atoms with Crippen LogP contribution in [0, 0.1) is 46.2 Å². The second kappa shape index (κ2) is 7.71. The lowest BCUT2D eigenvalue weighted by Gasteiger charge is -2.58. The fourth-order valence-electron chi connectivity index (χ4n) is 8.18. The van der Waals surface area contributed by atoms with Gasteiger partial charge in [-0.3, -0.25) is 4.79 Å². The molecule has 31 heavy (non-hydrogen) atoms. The average Bonchev–Trinajstić information content (AvgIpc) is 3.11. The third-order valence-electron chi connectivity index (χ3n) is 10.0. The molecule has 3 saturated carbocycles. The Bertz CT molecular complexity index is 911. The van der Waals surface area contributed by atoms with Crippen LogP contribution in [0.5, 0.6) is 0 Å². The van der Waals surface area contributed by atoms with E-state index in [9.17, 15) is 9.18 Å². The molecule has 0 saturated heterocycles. The van der Waals surface area contributed by atoms with Crippen molar-refractivity contribution in [2.45, 2.75) is 72.1 Å². The van der Waals surface area contributed by atoms with Crippen molar-refractivity contribution < 1.29 is 9.18 Å². The van der Waals surface area contributed by atoms with Gasteiger partial charge >= 0.3 is 0 Å². The molecule has 3 fully saturated rings. The quantitative estimate of drug-likeness (QED) is 0.363. The lowest BCUT2D eigenvalue weighted by Crippen LogP contribution is -2.50. The van der Waals surface area contributed by atoms with Crippen molar-refractivity contribution >= 4 is 11.9 Å². The van der Waals surface area contributed by atoms with Crippen molar-refractivity contribution in [1.29, 1.82) is 0 Å². The molecule has 0 aliphatic heterocycles. The maximum atomic E-state index is 13.3. The number of carbonyl (C=O) groups excluding carboxylic acids is 1. The molecular weight excluding hydrogens is 383 g/mol. The molecule has 0 radical (unpaired) electrons. The van der Waals surface area contributed by atoms with E-state index in [2.05, 4.69) is 26.8 Å². The van der Waals surface area contributed by atoms with Crippen molar-refractivity contribution in [2.75, 3.05) is 0 Å². The fraction of sp³-hybridized carbons (Fsp3) is 0.621. The summed E-state index contributed by atoms with van der Waals surface area (Å²) in [7, 11) is 0. The number of hydrogen-bond acceptors (Lipinski definition) is 1. The number of allylic oxidation sites excluding steroid dienone is 3. The Morgan fingerprint density at radius 3 is 2.58 bits per heavy atom. The van der Waals surface area contributed by atoms with E-state index < -0.39 is 0 Å². The zero-order chi connectivity index (χ0) is 21.8. The maximum Gasteiger partial charge on any atom is 0.159 e. The standard InChI is InChI=1S/C29H37FO/c1-19-14-16-28(2)21(18-19)7-10-23-24-11-12-26(29(24,3)17-15-25(23)28)27(31)13-6-20-4-8-22(30)9-5-20/h4-9,13,19,23-26H,10-12,14-18H2,1-3H3/b13-6+/t19-,23-,24-,25-,26+,28-,29-/m0/s1. The molecule has 166 valence electrons. The van der Waals surface area contributed by atoms with Gasteiger partial charge in [0.05, 0.1) is 0 Å². The van der Waals surface area contributed by atoms with Gasteiger partial charge in [-0.25, -0.2) is 4.39 Å². The molecule has 0 unspecified atom stereocenters. The molecular formula is C29H37FO. The molecule has 0 amide bonds. The SMILES string of the molecule is C[C@H]1CC[C@@]2(C)C(=CC[C@H]3[C@@H]4CC[C@H](C(=O)/C=C/c5ccc(F)cc5)[C@@]4(C)CC[C@@H]32)C1. The average molecular weight is 421 g/mol. The normalized spacial score (nSPS) is 41.9. The van der Waals surface area contributed by atoms with Crippen LogP contribution in [0.3, 0.4) is 0 Å². The predicted molar refractivity (Wildman–Crippen MR) is 125 cm³/mol. The topological polar surface area (TPSA) is 17.1 Å². The third kappa shape index (κ3) is 3.45. The summed E-state index contributed by atoms with van der Waals surface area (Å²) in [5, 5.41) is 0. The van der Waals surface area contributed by atoms with Gasteiger partial charge in [0.2, 0.25) is 0 Å². The molecule has 7 atom stereocenters. The highest BCUT2D eigenvalue weighted by Crippen LogP contribution is 2.66. The first-order valence-corrected chi connectivity index (χ1v) is 12.5. The molecule has 1 aromatic carbocycles. The minimum absolute atomic E-state index is 0.134. The minimum atomic E-state index is -0.239. The van der Waals surface area contributed by atoms with E-state index in [0.29, 0.717) is 11.3 Å². The summed E-state index contributed by atoms with van der Waals surface area (Å²) in [6, 6.07) is 6.38. The highest BCUT2D eigenvalue weighted by molar-refractivity contribution is 5.96. The molecule has 0 heterocycles. The van der Waals surface area contributed by atoms with Crippen LogP contribution >= 0.6 is 0 Å². The van der Waals surface area contributed by atoms with Crippen LogP contribution in [0.1, 0.15) is 77.7 Å². The zero-order valence-electron chi connectivity index (χ0n) is 19.4. The lowest BCUT2D eigenvalue weighted by molar-refractivity contribution is -0.124. The van der Waals surface area contributed by atoms with Crippen LogP contribution in [0.4, 0.5) is 4.39 Å². The first-order valence-electron chi connectivity index (χ1n) is 12.5. The number of ketones is 1. The number of halogens is 1. The van der Waals surface area contributed by atoms with Crippen molar-refractivity contribution in [1.82, 2.24) is 0 Å². The van der Waals surface area contributed by atoms with Gasteiger partial charge in [-0.15, -0.1) is 0 Å². The molecule has 0 spiro atoms. The van der Waals surface area contributed by atoms with E-state index in [-0.39, 0.29) is 22.9 Å². The van der Waals surface area contributed by atoms with Gasteiger partial charge in [-0.1, -0.05) is 50.6 Å². The van der Waals surface area contributed by atoms with E-state index in [1.165, 1.54) is 57.1 Å². The monoisotopic (exact) mass is 420 g/mol. The second-order valence-electron chi connectivity index (χ2n) is 11.6. The molecule has 0 bridgehead atoms. The van der Waals surface area contributed by atoms with Crippen molar-refractivity contribution in [2.24, 2.45) is 40.4 Å². The van der Waals surface area contributed by atoms with E-state index in [0.717, 1.165) is 29.7 Å². The summed E-state index contributed by atoms with van der Waals surface area (Å²) in [6.45, 7) is 7.39. The van der Waals surface area contributed by atoms with Gasteiger partial charge in [0.25, 0.3) is 0 Å². The summed E-state index contributed by atoms with van der Waals surface area (Å²) < 4.78 is 13.2. The van der Waals surface area contributed by atoms with Gasteiger partial charge in [-0.05, 0) is 110 Å². The van der Waals surface area contributed by atoms with E-state index in [1.807, 2.05) is 6.08 Å². The number of benzene rings is 1. The van der Waals surface area contributed by atoms with E-state index >= 15 is 0 Å². The van der Waals surface area contributed by atoms with Crippen LogP contribution in [0.25, 0.3) is 6.08 Å². The smallest absolute Gasteiger partial charge is 0.159 e. The maximum absolute atomic E-state index is 13.3. The zero-order valence-corrected chi connectivity index (χ0v) is 19.4. The summed E-state index contributed by atoms with van der Waals surface area (Å²) in [5.41, 5.74) is 3.18. The number of rotatable bonds is 3. The van der Waals surface area contributed by atoms with Gasteiger partial charge in [0.15, 0.2) is 5.78 Å². The molecule has 1 nitrogen and oxygen atoms in total. The first kappa shape index (κ1) is 21.2. The largest absolute Gasteiger partial charge is 0.295 e. The van der Waals surface area contributed by atoms with Crippen LogP contribution in [-0.2, 0) is 4.79 Å². The Labute approximate surface area is 187 Å². The minimum Gasteiger partial charge on any atom is -0.295 e. The van der Waals surface area contributed by atoms with E-state index in [4.69, 9.17) is 0 Å². The van der Waals surface area contributed by atoms with Crippen LogP contribution in [0.15, 0.2) is 42.0 Å². The Kier molecular flexibility index (Phi) is 5.26. The summed E-state index contributed by atoms with van der Waals surface area (Å²) >= 11 is 0. The number of fused-ring (bicyclic) bond motifs is 5. The summed E-state index contributed by atoms with van der Waals surface area (Å²) in [4.78, 5) is 13.3. The number of carbonyl (C=O) groups is 1. The Balaban J connectivity index is 1.35. The van der Waals surface area contributed by atoms with E-state index in [1.54, 1.807) is 23.8 Å². The molecule has 1 aromatic rings. The van der Waals surface area contributed by atoms with Crippen LogP contribution in [-0.4, -0.2) is 5.78 Å². The number of hydrogen-bond donors (Lipinski definition) is 0. The summed E-state index contributed by atoms with van der Waals surface area (Å²) in [5.74, 6) is 3.25. The Hall–Kier alpha value is -1.70. The predicted octanol–water partition coefficient (Wildman–Crippen LogP) is 7.62. The second-order valence-corrected chi connectivity index (χ2v) is 11.6. The fourth-order valence-corrected chi connectivity index (χ4v) is 8.18. The molecule has 4 aliphatic carbocycles. The van der Waals surface area contributed by atoms with Crippen LogP contribution < -0.4 is 0 Å². The highest BCUT2D eigenvalue weighted by Gasteiger charge is 2.59. The Morgan fingerprint density at radius 2 is 1.81 bits per heavy atom. The third-order valence-corrected chi connectivity index (χ3v) is 10.0. The molecule has 2 heteroatoms. The lowest BCUT2D eigenvalue weighted by atomic mass is 9.47. The van der Waals surface area contributed by atoms with Gasteiger partial charge < -0.3 is 0 Å². The van der Waals surface area contributed by atoms with Crippen molar-refractivity contribution in [3.8, 4) is 0 Å². The Morgan fingerprint density at radius 1 is 1.03 bits per heavy atom. The van der Waals surface area contributed by atoms with Gasteiger partial charge in [0, 0.05) is 5.92 Å². The summed E-state index contributed by atoms with van der Waals surface area (Å²) in [6.07, 6.45) is 16.2. The van der Waals surface area contributed by atoms with Gasteiger partial charge in [0.1, 0.15) is 5.82 Å². The van der Waals surface area contributed by atoms with Crippen molar-refractivity contribution in [3.63, 3.8) is 0 Å². The van der Waals surface area contributed by atoms with Gasteiger partial charge in [-0.2, -0.15) is 0 Å². The first-order chi connectivity index (χ1) is 14.8. The molecule has 0 aromatic heterocycles. The van der Waals surface area contributed by atoms with Crippen molar-refractivity contribution in [3.05, 3.63) is 53.4 Å². The van der Waals surface area contributed by atoms with Crippen LogP contribution in [0.2, 0.25) is 0 Å².